The summed E-state index contributed by atoms with van der Waals surface area (Å²) in [4.78, 5) is 10.2. The number of carbonyl (C=O) groups is 1. The number of halogens is 1. The highest BCUT2D eigenvalue weighted by Gasteiger charge is 2.27. The van der Waals surface area contributed by atoms with Gasteiger partial charge in [-0.2, -0.15) is 5.10 Å². The first-order valence-corrected chi connectivity index (χ1v) is 6.44. The molecule has 1 rings (SSSR count). The SMILES string of the molecule is CCCc1[nH]nc(C(=O)O)c1S(=O)(=O)Cl. The molecule has 0 fully saturated rings. The Morgan fingerprint density at radius 2 is 2.20 bits per heavy atom. The zero-order valence-electron chi connectivity index (χ0n) is 7.82. The number of nitrogens with one attached hydrogen (secondary N) is 1. The molecule has 0 aliphatic rings. The van der Waals surface area contributed by atoms with Crippen LogP contribution >= 0.6 is 10.7 Å². The Morgan fingerprint density at radius 3 is 2.60 bits per heavy atom. The first-order chi connectivity index (χ1) is 6.88. The summed E-state index contributed by atoms with van der Waals surface area (Å²) < 4.78 is 22.3. The lowest BCUT2D eigenvalue weighted by Crippen LogP contribution is -2.05. The van der Waals surface area contributed by atoms with Gasteiger partial charge in [0.2, 0.25) is 0 Å². The second-order valence-corrected chi connectivity index (χ2v) is 5.38. The number of nitrogens with zero attached hydrogens (tertiary/aromatic N) is 1. The van der Waals surface area contributed by atoms with Gasteiger partial charge in [0.1, 0.15) is 4.90 Å². The number of aromatic carboxylic acids is 1. The fourth-order valence-electron chi connectivity index (χ4n) is 1.19. The van der Waals surface area contributed by atoms with E-state index in [1.54, 1.807) is 0 Å². The minimum atomic E-state index is -4.09. The van der Waals surface area contributed by atoms with Crippen LogP contribution in [0.15, 0.2) is 4.90 Å². The molecule has 0 saturated carbocycles. The van der Waals surface area contributed by atoms with Crippen LogP contribution in [-0.4, -0.2) is 29.7 Å². The molecule has 84 valence electrons. The predicted octanol–water partition coefficient (Wildman–Crippen LogP) is 0.988. The molecular formula is C7H9ClN2O4S. The van der Waals surface area contributed by atoms with E-state index in [2.05, 4.69) is 10.2 Å². The first-order valence-electron chi connectivity index (χ1n) is 4.13. The van der Waals surface area contributed by atoms with Crippen LogP contribution in [0.25, 0.3) is 0 Å². The van der Waals surface area contributed by atoms with Crippen molar-refractivity contribution in [1.29, 1.82) is 0 Å². The number of aromatic nitrogens is 2. The summed E-state index contributed by atoms with van der Waals surface area (Å²) in [6.07, 6.45) is 1.03. The van der Waals surface area contributed by atoms with Crippen LogP contribution in [0.3, 0.4) is 0 Å². The molecule has 1 aromatic rings. The average molecular weight is 253 g/mol. The number of hydrogen-bond donors (Lipinski definition) is 2. The van der Waals surface area contributed by atoms with Crippen LogP contribution in [-0.2, 0) is 15.5 Å². The van der Waals surface area contributed by atoms with Crippen molar-refractivity contribution in [2.24, 2.45) is 0 Å². The highest BCUT2D eigenvalue weighted by molar-refractivity contribution is 8.13. The molecule has 0 aliphatic heterocycles. The van der Waals surface area contributed by atoms with Gasteiger partial charge in [-0.25, -0.2) is 13.2 Å². The van der Waals surface area contributed by atoms with Crippen molar-refractivity contribution in [3.8, 4) is 0 Å². The molecule has 0 saturated heterocycles. The van der Waals surface area contributed by atoms with Gasteiger partial charge in [-0.15, -0.1) is 0 Å². The molecule has 1 heterocycles. The molecule has 0 bridgehead atoms. The minimum Gasteiger partial charge on any atom is -0.476 e. The van der Waals surface area contributed by atoms with Gasteiger partial charge >= 0.3 is 5.97 Å². The fraction of sp³-hybridized carbons (Fsp3) is 0.429. The Bertz CT molecular complexity index is 479. The van der Waals surface area contributed by atoms with Crippen LogP contribution in [0.1, 0.15) is 29.5 Å². The summed E-state index contributed by atoms with van der Waals surface area (Å²) in [5.74, 6) is -1.42. The van der Waals surface area contributed by atoms with Crippen LogP contribution in [0.4, 0.5) is 0 Å². The maximum absolute atomic E-state index is 11.2. The number of H-pyrrole nitrogens is 1. The van der Waals surface area contributed by atoms with E-state index in [0.29, 0.717) is 12.8 Å². The predicted molar refractivity (Wildman–Crippen MR) is 52.6 cm³/mol. The Balaban J connectivity index is 3.40. The number of rotatable bonds is 4. The largest absolute Gasteiger partial charge is 0.476 e. The van der Waals surface area contributed by atoms with E-state index >= 15 is 0 Å². The van der Waals surface area contributed by atoms with E-state index in [-0.39, 0.29) is 5.69 Å². The molecule has 0 unspecified atom stereocenters. The van der Waals surface area contributed by atoms with Gasteiger partial charge < -0.3 is 5.11 Å². The van der Waals surface area contributed by atoms with Crippen molar-refractivity contribution in [2.45, 2.75) is 24.7 Å². The summed E-state index contributed by atoms with van der Waals surface area (Å²) in [5, 5.41) is 14.5. The maximum Gasteiger partial charge on any atom is 0.357 e. The van der Waals surface area contributed by atoms with Crippen molar-refractivity contribution in [2.75, 3.05) is 0 Å². The molecule has 6 nitrogen and oxygen atoms in total. The van der Waals surface area contributed by atoms with Gasteiger partial charge in [-0.3, -0.25) is 5.10 Å². The van der Waals surface area contributed by atoms with Crippen molar-refractivity contribution in [3.63, 3.8) is 0 Å². The third kappa shape index (κ3) is 2.48. The van der Waals surface area contributed by atoms with Crippen LogP contribution in [0.2, 0.25) is 0 Å². The number of carboxylic acid groups (broad SMARTS) is 1. The van der Waals surface area contributed by atoms with Gasteiger partial charge in [-0.1, -0.05) is 13.3 Å². The average Bonchev–Trinajstić information content (AvgIpc) is 2.47. The molecule has 1 aromatic heterocycles. The van der Waals surface area contributed by atoms with Crippen LogP contribution < -0.4 is 0 Å². The summed E-state index contributed by atoms with van der Waals surface area (Å²) in [6.45, 7) is 1.83. The summed E-state index contributed by atoms with van der Waals surface area (Å²) >= 11 is 0. The molecule has 0 aromatic carbocycles. The minimum absolute atomic E-state index is 0.227. The molecule has 0 aliphatic carbocycles. The summed E-state index contributed by atoms with van der Waals surface area (Å²) in [5.41, 5.74) is -0.335. The topological polar surface area (TPSA) is 100 Å². The second-order valence-electron chi connectivity index (χ2n) is 2.87. The van der Waals surface area contributed by atoms with E-state index in [0.717, 1.165) is 0 Å². The molecule has 2 N–H and O–H groups in total. The maximum atomic E-state index is 11.2. The quantitative estimate of drug-likeness (QED) is 0.779. The molecule has 0 radical (unpaired) electrons. The second kappa shape index (κ2) is 4.19. The third-order valence-corrected chi connectivity index (χ3v) is 3.13. The number of aromatic amines is 1. The van der Waals surface area contributed by atoms with E-state index in [4.69, 9.17) is 15.8 Å². The number of aryl methyl sites for hydroxylation is 1. The van der Waals surface area contributed by atoms with Crippen molar-refractivity contribution in [3.05, 3.63) is 11.4 Å². The standard InChI is InChI=1S/C7H9ClN2O4S/c1-2-3-4-6(15(8,13)14)5(7(11)12)10-9-4/h2-3H2,1H3,(H,9,10)(H,11,12). The van der Waals surface area contributed by atoms with Gasteiger partial charge in [0.15, 0.2) is 5.69 Å². The van der Waals surface area contributed by atoms with E-state index in [1.165, 1.54) is 0 Å². The molecule has 0 amide bonds. The number of carboxylic acids is 1. The Kier molecular flexibility index (Phi) is 3.35. The monoisotopic (exact) mass is 252 g/mol. The van der Waals surface area contributed by atoms with Gasteiger partial charge in [0.25, 0.3) is 9.05 Å². The van der Waals surface area contributed by atoms with E-state index in [1.807, 2.05) is 6.92 Å². The van der Waals surface area contributed by atoms with Gasteiger partial charge in [0, 0.05) is 10.7 Å². The van der Waals surface area contributed by atoms with Crippen molar-refractivity contribution in [1.82, 2.24) is 10.2 Å². The molecule has 0 atom stereocenters. The summed E-state index contributed by atoms with van der Waals surface area (Å²) in [7, 11) is 1.05. The molecular weight excluding hydrogens is 244 g/mol. The number of hydrogen-bond acceptors (Lipinski definition) is 4. The van der Waals surface area contributed by atoms with E-state index in [9.17, 15) is 13.2 Å². The molecule has 15 heavy (non-hydrogen) atoms. The van der Waals surface area contributed by atoms with E-state index < -0.39 is 25.6 Å². The van der Waals surface area contributed by atoms with Gasteiger partial charge in [0.05, 0.1) is 5.69 Å². The summed E-state index contributed by atoms with van der Waals surface area (Å²) in [6, 6.07) is 0. The first kappa shape index (κ1) is 12.0. The zero-order valence-corrected chi connectivity index (χ0v) is 9.39. The fourth-order valence-corrected chi connectivity index (χ4v) is 2.50. The molecule has 0 spiro atoms. The zero-order chi connectivity index (χ0) is 11.6. The van der Waals surface area contributed by atoms with Crippen molar-refractivity contribution < 1.29 is 18.3 Å². The highest BCUT2D eigenvalue weighted by Crippen LogP contribution is 2.23. The lowest BCUT2D eigenvalue weighted by molar-refractivity contribution is 0.0686. The Hall–Kier alpha value is -1.08. The Labute approximate surface area is 90.7 Å². The van der Waals surface area contributed by atoms with Crippen molar-refractivity contribution >= 4 is 25.7 Å². The van der Waals surface area contributed by atoms with Gasteiger partial charge in [-0.05, 0) is 6.42 Å². The van der Waals surface area contributed by atoms with Crippen LogP contribution in [0.5, 0.6) is 0 Å². The lowest BCUT2D eigenvalue weighted by atomic mass is 10.2. The lowest BCUT2D eigenvalue weighted by Gasteiger charge is -1.97. The normalized spacial score (nSPS) is 11.6. The third-order valence-electron chi connectivity index (χ3n) is 1.74. The smallest absolute Gasteiger partial charge is 0.357 e. The van der Waals surface area contributed by atoms with Crippen LogP contribution in [0, 0.1) is 0 Å². The Morgan fingerprint density at radius 1 is 1.60 bits per heavy atom. The highest BCUT2D eigenvalue weighted by atomic mass is 35.7. The molecule has 8 heteroatoms.